The average Bonchev–Trinajstić information content (AvgIpc) is 3.30. The Hall–Kier alpha value is -1.06. The summed E-state index contributed by atoms with van der Waals surface area (Å²) in [5, 5.41) is 0. The van der Waals surface area contributed by atoms with Crippen molar-refractivity contribution in [3.63, 3.8) is 0 Å². The van der Waals surface area contributed by atoms with Crippen LogP contribution >= 0.6 is 0 Å². The van der Waals surface area contributed by atoms with Crippen LogP contribution in [0.1, 0.15) is 31.7 Å². The van der Waals surface area contributed by atoms with Crippen LogP contribution in [0.5, 0.6) is 5.75 Å². The molecule has 2 unspecified atom stereocenters. The van der Waals surface area contributed by atoms with E-state index in [0.717, 1.165) is 24.6 Å². The second-order valence-corrected chi connectivity index (χ2v) is 6.04. The smallest absolute Gasteiger partial charge is 0.118 e. The van der Waals surface area contributed by atoms with E-state index < -0.39 is 0 Å². The molecule has 112 valence electrons. The molecule has 1 fully saturated rings. The minimum atomic E-state index is 0.570. The molecular formula is C17H28N2O. The van der Waals surface area contributed by atoms with Crippen LogP contribution in [0.3, 0.4) is 0 Å². The number of aryl methyl sites for hydroxylation is 1. The van der Waals surface area contributed by atoms with E-state index in [1.807, 2.05) is 12.1 Å². The molecule has 1 aliphatic rings. The van der Waals surface area contributed by atoms with Gasteiger partial charge in [-0.25, -0.2) is 0 Å². The third-order valence-corrected chi connectivity index (χ3v) is 4.64. The molecule has 0 amide bonds. The Bertz CT molecular complexity index is 400. The zero-order valence-electron chi connectivity index (χ0n) is 13.0. The topological polar surface area (TPSA) is 38.5 Å². The molecule has 0 radical (unpaired) electrons. The van der Waals surface area contributed by atoms with E-state index in [1.54, 1.807) is 7.11 Å². The highest BCUT2D eigenvalue weighted by atomic mass is 16.5. The number of benzene rings is 1. The molecule has 0 saturated heterocycles. The summed E-state index contributed by atoms with van der Waals surface area (Å²) in [4.78, 5) is 2.49. The molecule has 20 heavy (non-hydrogen) atoms. The largest absolute Gasteiger partial charge is 0.497 e. The SMILES string of the molecule is COc1ccc(CCC(C)N(C)C(CN)C2CC2)cc1. The fraction of sp³-hybridized carbons (Fsp3) is 0.647. The molecule has 0 aromatic heterocycles. The van der Waals surface area contributed by atoms with Gasteiger partial charge in [-0.2, -0.15) is 0 Å². The summed E-state index contributed by atoms with van der Waals surface area (Å²) >= 11 is 0. The minimum Gasteiger partial charge on any atom is -0.497 e. The molecule has 0 aliphatic heterocycles. The van der Waals surface area contributed by atoms with Gasteiger partial charge in [-0.3, -0.25) is 4.90 Å². The summed E-state index contributed by atoms with van der Waals surface area (Å²) in [5.74, 6) is 1.77. The van der Waals surface area contributed by atoms with Crippen LogP contribution in [0.15, 0.2) is 24.3 Å². The van der Waals surface area contributed by atoms with E-state index in [2.05, 4.69) is 31.0 Å². The zero-order valence-corrected chi connectivity index (χ0v) is 13.0. The molecule has 1 aromatic carbocycles. The molecule has 1 aliphatic carbocycles. The highest BCUT2D eigenvalue weighted by molar-refractivity contribution is 5.27. The van der Waals surface area contributed by atoms with Crippen molar-refractivity contribution >= 4 is 0 Å². The summed E-state index contributed by atoms with van der Waals surface area (Å²) in [6, 6.07) is 9.54. The van der Waals surface area contributed by atoms with Crippen molar-refractivity contribution in [3.05, 3.63) is 29.8 Å². The second kappa shape index (κ2) is 7.09. The maximum Gasteiger partial charge on any atom is 0.118 e. The molecule has 2 rings (SSSR count). The summed E-state index contributed by atoms with van der Waals surface area (Å²) in [6.07, 6.45) is 5.00. The van der Waals surface area contributed by atoms with Gasteiger partial charge >= 0.3 is 0 Å². The number of likely N-dealkylation sites (N-methyl/N-ethyl adjacent to an activating group) is 1. The number of hydrogen-bond donors (Lipinski definition) is 1. The Morgan fingerprint density at radius 3 is 2.45 bits per heavy atom. The normalized spacial score (nSPS) is 18.1. The van der Waals surface area contributed by atoms with E-state index in [1.165, 1.54) is 24.8 Å². The van der Waals surface area contributed by atoms with Gasteiger partial charge in [-0.1, -0.05) is 12.1 Å². The molecule has 1 saturated carbocycles. The summed E-state index contributed by atoms with van der Waals surface area (Å²) in [5.41, 5.74) is 7.31. The van der Waals surface area contributed by atoms with Crippen molar-refractivity contribution in [2.24, 2.45) is 11.7 Å². The monoisotopic (exact) mass is 276 g/mol. The minimum absolute atomic E-state index is 0.570. The molecule has 3 nitrogen and oxygen atoms in total. The van der Waals surface area contributed by atoms with E-state index in [9.17, 15) is 0 Å². The van der Waals surface area contributed by atoms with Crippen LogP contribution in [-0.4, -0.2) is 37.7 Å². The van der Waals surface area contributed by atoms with Gasteiger partial charge in [-0.15, -0.1) is 0 Å². The van der Waals surface area contributed by atoms with Crippen molar-refractivity contribution < 1.29 is 4.74 Å². The zero-order chi connectivity index (χ0) is 14.5. The van der Waals surface area contributed by atoms with Crippen LogP contribution in [0.2, 0.25) is 0 Å². The van der Waals surface area contributed by atoms with Crippen molar-refractivity contribution in [2.45, 2.75) is 44.7 Å². The fourth-order valence-electron chi connectivity index (χ4n) is 2.87. The molecule has 1 aromatic rings. The summed E-state index contributed by atoms with van der Waals surface area (Å²) in [7, 11) is 3.94. The van der Waals surface area contributed by atoms with Gasteiger partial charge in [0.2, 0.25) is 0 Å². The molecule has 0 bridgehead atoms. The van der Waals surface area contributed by atoms with Gasteiger partial charge < -0.3 is 10.5 Å². The van der Waals surface area contributed by atoms with Gasteiger partial charge in [0.05, 0.1) is 7.11 Å². The van der Waals surface area contributed by atoms with Gasteiger partial charge in [0.15, 0.2) is 0 Å². The number of ether oxygens (including phenoxy) is 1. The van der Waals surface area contributed by atoms with Gasteiger partial charge in [-0.05, 0) is 63.3 Å². The standard InChI is InChI=1S/C17H28N2O/c1-13(19(2)17(12-18)15-8-9-15)4-5-14-6-10-16(20-3)11-7-14/h6-7,10-11,13,15,17H,4-5,8-9,12,18H2,1-3H3. The maximum absolute atomic E-state index is 5.94. The van der Waals surface area contributed by atoms with E-state index in [4.69, 9.17) is 10.5 Å². The quantitative estimate of drug-likeness (QED) is 0.793. The second-order valence-electron chi connectivity index (χ2n) is 6.04. The number of hydrogen-bond acceptors (Lipinski definition) is 3. The number of nitrogens with two attached hydrogens (primary N) is 1. The predicted molar refractivity (Wildman–Crippen MR) is 84.1 cm³/mol. The van der Waals surface area contributed by atoms with E-state index in [-0.39, 0.29) is 0 Å². The first kappa shape index (κ1) is 15.3. The molecular weight excluding hydrogens is 248 g/mol. The van der Waals surface area contributed by atoms with Gasteiger partial charge in [0.25, 0.3) is 0 Å². The third-order valence-electron chi connectivity index (χ3n) is 4.64. The Morgan fingerprint density at radius 1 is 1.30 bits per heavy atom. The predicted octanol–water partition coefficient (Wildman–Crippen LogP) is 2.69. The highest BCUT2D eigenvalue weighted by Crippen LogP contribution is 2.35. The fourth-order valence-corrected chi connectivity index (χ4v) is 2.87. The van der Waals surface area contributed by atoms with Crippen molar-refractivity contribution in [2.75, 3.05) is 20.7 Å². The number of rotatable bonds is 8. The molecule has 0 spiro atoms. The first-order valence-corrected chi connectivity index (χ1v) is 7.70. The molecule has 2 N–H and O–H groups in total. The maximum atomic E-state index is 5.94. The Morgan fingerprint density at radius 2 is 1.95 bits per heavy atom. The van der Waals surface area contributed by atoms with E-state index in [0.29, 0.717) is 12.1 Å². The lowest BCUT2D eigenvalue weighted by atomic mass is 10.0. The molecule has 2 atom stereocenters. The number of nitrogens with zero attached hydrogens (tertiary/aromatic N) is 1. The Balaban J connectivity index is 1.82. The summed E-state index contributed by atoms with van der Waals surface area (Å²) in [6.45, 7) is 3.10. The third kappa shape index (κ3) is 3.97. The average molecular weight is 276 g/mol. The first-order chi connectivity index (χ1) is 9.65. The highest BCUT2D eigenvalue weighted by Gasteiger charge is 2.34. The lowest BCUT2D eigenvalue weighted by Crippen LogP contribution is -2.44. The van der Waals surface area contributed by atoms with Crippen molar-refractivity contribution in [1.82, 2.24) is 4.90 Å². The molecule has 3 heteroatoms. The summed E-state index contributed by atoms with van der Waals surface area (Å²) < 4.78 is 5.19. The van der Waals surface area contributed by atoms with E-state index >= 15 is 0 Å². The lowest BCUT2D eigenvalue weighted by molar-refractivity contribution is 0.162. The van der Waals surface area contributed by atoms with Gasteiger partial charge in [0, 0.05) is 18.6 Å². The van der Waals surface area contributed by atoms with Gasteiger partial charge in [0.1, 0.15) is 5.75 Å². The number of methoxy groups -OCH3 is 1. The van der Waals surface area contributed by atoms with Crippen molar-refractivity contribution in [1.29, 1.82) is 0 Å². The van der Waals surface area contributed by atoms with Crippen LogP contribution < -0.4 is 10.5 Å². The van der Waals surface area contributed by atoms with Crippen molar-refractivity contribution in [3.8, 4) is 5.75 Å². The lowest BCUT2D eigenvalue weighted by Gasteiger charge is -2.32. The first-order valence-electron chi connectivity index (χ1n) is 7.70. The Kier molecular flexibility index (Phi) is 5.44. The van der Waals surface area contributed by atoms with Crippen LogP contribution in [-0.2, 0) is 6.42 Å². The molecule has 0 heterocycles. The Labute approximate surface area is 123 Å². The van der Waals surface area contributed by atoms with Crippen LogP contribution in [0.25, 0.3) is 0 Å². The van der Waals surface area contributed by atoms with Crippen LogP contribution in [0, 0.1) is 5.92 Å². The van der Waals surface area contributed by atoms with Crippen LogP contribution in [0.4, 0.5) is 0 Å².